The third kappa shape index (κ3) is 5.55. The average Bonchev–Trinajstić information content (AvgIpc) is 2.87. The van der Waals surface area contributed by atoms with Gasteiger partial charge >= 0.3 is 0 Å². The van der Waals surface area contributed by atoms with Crippen LogP contribution in [0.3, 0.4) is 0 Å². The number of nitrogens with zero attached hydrogens (tertiary/aromatic N) is 1. The molecular weight excluding hydrogens is 389 g/mol. The number of hydrogen-bond donors (Lipinski definition) is 2. The van der Waals surface area contributed by atoms with Crippen LogP contribution in [0.1, 0.15) is 58.3 Å². The lowest BCUT2D eigenvalue weighted by atomic mass is 9.67. The molecule has 0 aromatic heterocycles. The first-order valence-corrected chi connectivity index (χ1v) is 8.55. The Labute approximate surface area is 153 Å². The van der Waals surface area contributed by atoms with E-state index < -0.39 is 0 Å². The molecule has 0 atom stereocenters. The number of ether oxygens (including phenoxy) is 1. The van der Waals surface area contributed by atoms with Crippen molar-refractivity contribution in [2.45, 2.75) is 58.3 Å². The maximum Gasteiger partial charge on any atom is 0.191 e. The van der Waals surface area contributed by atoms with Gasteiger partial charge in [0.15, 0.2) is 5.96 Å². The average molecular weight is 423 g/mol. The Balaban J connectivity index is 0.00000242. The van der Waals surface area contributed by atoms with Crippen molar-refractivity contribution in [2.24, 2.45) is 15.8 Å². The van der Waals surface area contributed by atoms with E-state index in [0.717, 1.165) is 32.1 Å². The first-order valence-electron chi connectivity index (χ1n) is 8.55. The molecule has 130 valence electrons. The highest BCUT2D eigenvalue weighted by Crippen LogP contribution is 2.43. The molecule has 2 N–H and O–H groups in total. The molecule has 2 aliphatic carbocycles. The Kier molecular flexibility index (Phi) is 8.46. The zero-order valence-electron chi connectivity index (χ0n) is 14.5. The van der Waals surface area contributed by atoms with E-state index in [-0.39, 0.29) is 24.0 Å². The van der Waals surface area contributed by atoms with Gasteiger partial charge in [0.05, 0.1) is 0 Å². The largest absolute Gasteiger partial charge is 0.385 e. The van der Waals surface area contributed by atoms with Gasteiger partial charge in [-0.25, -0.2) is 0 Å². The molecule has 0 bridgehead atoms. The second-order valence-corrected chi connectivity index (χ2v) is 7.39. The van der Waals surface area contributed by atoms with Gasteiger partial charge in [-0.2, -0.15) is 0 Å². The molecule has 5 heteroatoms. The van der Waals surface area contributed by atoms with Crippen LogP contribution in [0.15, 0.2) is 4.99 Å². The highest BCUT2D eigenvalue weighted by molar-refractivity contribution is 14.0. The third-order valence-electron chi connectivity index (χ3n) is 5.60. The fourth-order valence-corrected chi connectivity index (χ4v) is 3.70. The third-order valence-corrected chi connectivity index (χ3v) is 5.60. The summed E-state index contributed by atoms with van der Waals surface area (Å²) in [6.07, 6.45) is 10.6. The van der Waals surface area contributed by atoms with E-state index >= 15 is 0 Å². The number of methoxy groups -OCH3 is 1. The van der Waals surface area contributed by atoms with E-state index in [4.69, 9.17) is 4.74 Å². The van der Waals surface area contributed by atoms with Crippen LogP contribution in [-0.4, -0.2) is 39.8 Å². The Morgan fingerprint density at radius 2 is 1.68 bits per heavy atom. The Bertz CT molecular complexity index is 350. The lowest BCUT2D eigenvalue weighted by Crippen LogP contribution is -2.48. The standard InChI is InChI=1S/C17H33N3O.HI/c1-16(7-4-5-8-16)13-19-15(18-2)20-14-17(9-6-10-17)11-12-21-3;/h4-14H2,1-3H3,(H2,18,19,20);1H. The fraction of sp³-hybridized carbons (Fsp3) is 0.941. The number of aliphatic imine (C=N–C) groups is 1. The molecule has 2 saturated carbocycles. The molecule has 2 rings (SSSR count). The Morgan fingerprint density at radius 1 is 1.05 bits per heavy atom. The van der Waals surface area contributed by atoms with Crippen LogP contribution in [-0.2, 0) is 4.74 Å². The number of hydrogen-bond acceptors (Lipinski definition) is 2. The van der Waals surface area contributed by atoms with Crippen LogP contribution >= 0.6 is 24.0 Å². The molecule has 0 aromatic rings. The van der Waals surface area contributed by atoms with Gasteiger partial charge in [-0.05, 0) is 42.9 Å². The Morgan fingerprint density at radius 3 is 2.18 bits per heavy atom. The first-order chi connectivity index (χ1) is 10.1. The van der Waals surface area contributed by atoms with E-state index in [2.05, 4.69) is 22.5 Å². The van der Waals surface area contributed by atoms with Crippen molar-refractivity contribution in [2.75, 3.05) is 33.9 Å². The van der Waals surface area contributed by atoms with Crippen molar-refractivity contribution >= 4 is 29.9 Å². The first kappa shape index (κ1) is 20.0. The van der Waals surface area contributed by atoms with Gasteiger partial charge in [-0.1, -0.05) is 26.2 Å². The number of halogens is 1. The molecule has 0 heterocycles. The zero-order valence-corrected chi connectivity index (χ0v) is 16.9. The minimum atomic E-state index is 0. The molecule has 0 aromatic carbocycles. The second-order valence-electron chi connectivity index (χ2n) is 7.39. The number of nitrogens with one attached hydrogen (secondary N) is 2. The van der Waals surface area contributed by atoms with Crippen molar-refractivity contribution in [1.82, 2.24) is 10.6 Å². The molecule has 0 radical (unpaired) electrons. The summed E-state index contributed by atoms with van der Waals surface area (Å²) in [6.45, 7) is 5.32. The van der Waals surface area contributed by atoms with Gasteiger partial charge < -0.3 is 15.4 Å². The summed E-state index contributed by atoms with van der Waals surface area (Å²) in [5, 5.41) is 7.08. The van der Waals surface area contributed by atoms with Crippen molar-refractivity contribution in [1.29, 1.82) is 0 Å². The molecule has 22 heavy (non-hydrogen) atoms. The molecule has 4 nitrogen and oxygen atoms in total. The minimum absolute atomic E-state index is 0. The summed E-state index contributed by atoms with van der Waals surface area (Å²) in [5.74, 6) is 0.965. The molecule has 0 aliphatic heterocycles. The van der Waals surface area contributed by atoms with Gasteiger partial charge in [0.2, 0.25) is 0 Å². The molecular formula is C17H34IN3O. The number of guanidine groups is 1. The molecule has 0 unspecified atom stereocenters. The molecule has 2 fully saturated rings. The minimum Gasteiger partial charge on any atom is -0.385 e. The normalized spacial score (nSPS) is 22.6. The van der Waals surface area contributed by atoms with Crippen LogP contribution in [0.25, 0.3) is 0 Å². The number of rotatable bonds is 7. The van der Waals surface area contributed by atoms with E-state index in [1.54, 1.807) is 7.11 Å². The summed E-state index contributed by atoms with van der Waals surface area (Å²) < 4.78 is 5.26. The maximum atomic E-state index is 5.26. The lowest BCUT2D eigenvalue weighted by Gasteiger charge is -2.42. The highest BCUT2D eigenvalue weighted by Gasteiger charge is 2.36. The van der Waals surface area contributed by atoms with Gasteiger partial charge in [0.25, 0.3) is 0 Å². The van der Waals surface area contributed by atoms with E-state index in [9.17, 15) is 0 Å². The lowest BCUT2D eigenvalue weighted by molar-refractivity contribution is 0.0732. The summed E-state index contributed by atoms with van der Waals surface area (Å²) in [6, 6.07) is 0. The van der Waals surface area contributed by atoms with E-state index in [1.165, 1.54) is 44.9 Å². The van der Waals surface area contributed by atoms with Crippen molar-refractivity contribution in [3.05, 3.63) is 0 Å². The molecule has 0 saturated heterocycles. The monoisotopic (exact) mass is 423 g/mol. The van der Waals surface area contributed by atoms with Crippen molar-refractivity contribution in [3.63, 3.8) is 0 Å². The van der Waals surface area contributed by atoms with Crippen LogP contribution in [0.4, 0.5) is 0 Å². The predicted molar refractivity (Wildman–Crippen MR) is 104 cm³/mol. The quantitative estimate of drug-likeness (QED) is 0.374. The summed E-state index contributed by atoms with van der Waals surface area (Å²) in [4.78, 5) is 4.39. The summed E-state index contributed by atoms with van der Waals surface area (Å²) >= 11 is 0. The van der Waals surface area contributed by atoms with Crippen LogP contribution in [0.5, 0.6) is 0 Å². The topological polar surface area (TPSA) is 45.7 Å². The molecule has 2 aliphatic rings. The Hall–Kier alpha value is -0.0400. The molecule has 0 amide bonds. The van der Waals surface area contributed by atoms with Crippen LogP contribution in [0.2, 0.25) is 0 Å². The van der Waals surface area contributed by atoms with Crippen LogP contribution < -0.4 is 10.6 Å². The predicted octanol–water partition coefficient (Wildman–Crippen LogP) is 3.56. The molecule has 0 spiro atoms. The van der Waals surface area contributed by atoms with Gasteiger partial charge in [0.1, 0.15) is 0 Å². The van der Waals surface area contributed by atoms with E-state index in [0.29, 0.717) is 10.8 Å². The summed E-state index contributed by atoms with van der Waals surface area (Å²) in [5.41, 5.74) is 0.896. The van der Waals surface area contributed by atoms with Crippen LogP contribution in [0, 0.1) is 10.8 Å². The summed E-state index contributed by atoms with van der Waals surface area (Å²) in [7, 11) is 3.66. The van der Waals surface area contributed by atoms with Gasteiger partial charge in [-0.15, -0.1) is 24.0 Å². The van der Waals surface area contributed by atoms with Gasteiger partial charge in [-0.3, -0.25) is 4.99 Å². The highest BCUT2D eigenvalue weighted by atomic mass is 127. The maximum absolute atomic E-state index is 5.26. The van der Waals surface area contributed by atoms with E-state index in [1.807, 2.05) is 7.05 Å². The fourth-order valence-electron chi connectivity index (χ4n) is 3.70. The SMILES string of the molecule is CN=C(NCC1(C)CCCC1)NCC1(CCOC)CCC1.I. The van der Waals surface area contributed by atoms with Crippen molar-refractivity contribution in [3.8, 4) is 0 Å². The zero-order chi connectivity index (χ0) is 15.2. The van der Waals surface area contributed by atoms with Gasteiger partial charge in [0, 0.05) is 33.9 Å². The smallest absolute Gasteiger partial charge is 0.191 e. The second kappa shape index (κ2) is 9.30. The van der Waals surface area contributed by atoms with Crippen molar-refractivity contribution < 1.29 is 4.74 Å².